The third kappa shape index (κ3) is 3.35. The number of azo groups is 1. The Morgan fingerprint density at radius 3 is 2.14 bits per heavy atom. The molecule has 0 radical (unpaired) electrons. The third-order valence-corrected chi connectivity index (χ3v) is 2.49. The first kappa shape index (κ1) is 14.1. The summed E-state index contributed by atoms with van der Waals surface area (Å²) in [7, 11) is 0. The molecule has 0 amide bonds. The van der Waals surface area contributed by atoms with Gasteiger partial charge in [-0.2, -0.15) is 5.11 Å². The number of phenolic OH excluding ortho intramolecular Hbond substituents is 1. The number of nitro groups is 2. The minimum absolute atomic E-state index is 0.0512. The molecule has 21 heavy (non-hydrogen) atoms. The standard InChI is InChI=1S/C12H8N4O5/c17-10-4-1-8(2-5-10)13-14-11-6-3-9(15(18)19)7-12(11)16(20)21/h1-7,17H. The van der Waals surface area contributed by atoms with Gasteiger partial charge in [0.1, 0.15) is 5.75 Å². The summed E-state index contributed by atoms with van der Waals surface area (Å²) < 4.78 is 0. The minimum atomic E-state index is -0.766. The van der Waals surface area contributed by atoms with E-state index in [9.17, 15) is 20.2 Å². The van der Waals surface area contributed by atoms with Crippen LogP contribution in [0, 0.1) is 20.2 Å². The van der Waals surface area contributed by atoms with Gasteiger partial charge in [-0.3, -0.25) is 20.2 Å². The molecule has 1 N–H and O–H groups in total. The highest BCUT2D eigenvalue weighted by Crippen LogP contribution is 2.32. The van der Waals surface area contributed by atoms with E-state index in [1.807, 2.05) is 0 Å². The van der Waals surface area contributed by atoms with Crippen molar-refractivity contribution in [3.05, 3.63) is 62.7 Å². The van der Waals surface area contributed by atoms with Crippen LogP contribution in [0.25, 0.3) is 0 Å². The summed E-state index contributed by atoms with van der Waals surface area (Å²) in [5, 5.41) is 38.1. The van der Waals surface area contributed by atoms with E-state index in [1.54, 1.807) is 0 Å². The van der Waals surface area contributed by atoms with Gasteiger partial charge in [-0.1, -0.05) is 0 Å². The van der Waals surface area contributed by atoms with Crippen molar-refractivity contribution in [3.63, 3.8) is 0 Å². The molecule has 0 saturated carbocycles. The summed E-state index contributed by atoms with van der Waals surface area (Å²) in [6.45, 7) is 0. The summed E-state index contributed by atoms with van der Waals surface area (Å²) in [6, 6.07) is 8.80. The van der Waals surface area contributed by atoms with E-state index in [4.69, 9.17) is 5.11 Å². The lowest BCUT2D eigenvalue weighted by Gasteiger charge is -1.97. The van der Waals surface area contributed by atoms with Crippen LogP contribution in [0.1, 0.15) is 0 Å². The molecule has 106 valence electrons. The molecule has 2 rings (SSSR count). The van der Waals surface area contributed by atoms with Crippen LogP contribution in [0.2, 0.25) is 0 Å². The van der Waals surface area contributed by atoms with Crippen LogP contribution in [0.5, 0.6) is 5.75 Å². The molecule has 0 unspecified atom stereocenters. The molecule has 0 heterocycles. The fourth-order valence-electron chi connectivity index (χ4n) is 1.49. The molecule has 0 atom stereocenters. The quantitative estimate of drug-likeness (QED) is 0.521. The van der Waals surface area contributed by atoms with Gasteiger partial charge >= 0.3 is 5.69 Å². The van der Waals surface area contributed by atoms with Crippen molar-refractivity contribution in [2.24, 2.45) is 10.2 Å². The number of rotatable bonds is 4. The number of benzene rings is 2. The monoisotopic (exact) mass is 288 g/mol. The van der Waals surface area contributed by atoms with Crippen LogP contribution in [0.3, 0.4) is 0 Å². The van der Waals surface area contributed by atoms with E-state index in [0.29, 0.717) is 5.69 Å². The van der Waals surface area contributed by atoms with E-state index in [-0.39, 0.29) is 11.4 Å². The number of hydrogen-bond donors (Lipinski definition) is 1. The molecule has 0 aliphatic rings. The van der Waals surface area contributed by atoms with Crippen LogP contribution >= 0.6 is 0 Å². The minimum Gasteiger partial charge on any atom is -0.508 e. The Labute approximate surface area is 117 Å². The van der Waals surface area contributed by atoms with Crippen molar-refractivity contribution in [1.29, 1.82) is 0 Å². The molecule has 0 saturated heterocycles. The second-order valence-electron chi connectivity index (χ2n) is 3.90. The zero-order valence-corrected chi connectivity index (χ0v) is 10.4. The van der Waals surface area contributed by atoms with Crippen LogP contribution in [-0.4, -0.2) is 15.0 Å². The Bertz CT molecular complexity index is 727. The third-order valence-electron chi connectivity index (χ3n) is 2.49. The molecule has 2 aromatic carbocycles. The van der Waals surface area contributed by atoms with Crippen molar-refractivity contribution in [2.45, 2.75) is 0 Å². The number of phenols is 1. The normalized spacial score (nSPS) is 10.7. The summed E-state index contributed by atoms with van der Waals surface area (Å²) in [6.07, 6.45) is 0. The molecular formula is C12H8N4O5. The van der Waals surface area contributed by atoms with Crippen LogP contribution in [0.4, 0.5) is 22.7 Å². The van der Waals surface area contributed by atoms with Gasteiger partial charge in [-0.25, -0.2) is 0 Å². The summed E-state index contributed by atoms with van der Waals surface area (Å²) in [4.78, 5) is 20.0. The maximum absolute atomic E-state index is 10.9. The number of hydrogen-bond acceptors (Lipinski definition) is 7. The van der Waals surface area contributed by atoms with Gasteiger partial charge in [-0.05, 0) is 30.3 Å². The van der Waals surface area contributed by atoms with Crippen LogP contribution < -0.4 is 0 Å². The van der Waals surface area contributed by atoms with Gasteiger partial charge in [0, 0.05) is 6.07 Å². The number of non-ortho nitro benzene ring substituents is 1. The van der Waals surface area contributed by atoms with Gasteiger partial charge in [0.05, 0.1) is 21.6 Å². The van der Waals surface area contributed by atoms with Crippen LogP contribution in [-0.2, 0) is 0 Å². The number of aromatic hydroxyl groups is 1. The summed E-state index contributed by atoms with van der Waals surface area (Å²) in [5.41, 5.74) is -0.629. The van der Waals surface area contributed by atoms with Crippen molar-refractivity contribution >= 4 is 22.7 Å². The highest BCUT2D eigenvalue weighted by Gasteiger charge is 2.19. The maximum Gasteiger partial charge on any atom is 0.303 e. The second kappa shape index (κ2) is 5.74. The van der Waals surface area contributed by atoms with Gasteiger partial charge in [-0.15, -0.1) is 5.11 Å². The second-order valence-corrected chi connectivity index (χ2v) is 3.90. The molecule has 2 aromatic rings. The van der Waals surface area contributed by atoms with E-state index in [2.05, 4.69) is 10.2 Å². The Kier molecular flexibility index (Phi) is 3.84. The molecule has 0 aliphatic carbocycles. The number of nitro benzene ring substituents is 2. The lowest BCUT2D eigenvalue weighted by Crippen LogP contribution is -1.92. The average molecular weight is 288 g/mol. The predicted octanol–water partition coefficient (Wildman–Crippen LogP) is 3.62. The highest BCUT2D eigenvalue weighted by atomic mass is 16.6. The molecular weight excluding hydrogens is 280 g/mol. The molecule has 0 aromatic heterocycles. The lowest BCUT2D eigenvalue weighted by atomic mass is 10.2. The fraction of sp³-hybridized carbons (Fsp3) is 0. The van der Waals surface area contributed by atoms with E-state index in [0.717, 1.165) is 18.2 Å². The number of nitrogens with zero attached hydrogens (tertiary/aromatic N) is 4. The van der Waals surface area contributed by atoms with Gasteiger partial charge < -0.3 is 5.11 Å². The predicted molar refractivity (Wildman–Crippen MR) is 72.0 cm³/mol. The highest BCUT2D eigenvalue weighted by molar-refractivity contribution is 5.61. The van der Waals surface area contributed by atoms with Gasteiger partial charge in [0.15, 0.2) is 5.69 Å². The molecule has 0 bridgehead atoms. The zero-order valence-electron chi connectivity index (χ0n) is 10.4. The van der Waals surface area contributed by atoms with Crippen LogP contribution in [0.15, 0.2) is 52.7 Å². The first-order valence-corrected chi connectivity index (χ1v) is 5.61. The maximum atomic E-state index is 10.9. The Balaban J connectivity index is 2.37. The van der Waals surface area contributed by atoms with E-state index >= 15 is 0 Å². The Hall–Kier alpha value is -3.36. The first-order chi connectivity index (χ1) is 9.97. The van der Waals surface area contributed by atoms with Crippen molar-refractivity contribution in [3.8, 4) is 5.75 Å². The molecule has 0 fully saturated rings. The first-order valence-electron chi connectivity index (χ1n) is 5.61. The average Bonchev–Trinajstić information content (AvgIpc) is 2.46. The summed E-state index contributed by atoms with van der Waals surface area (Å²) in [5.74, 6) is 0.0512. The van der Waals surface area contributed by atoms with E-state index in [1.165, 1.54) is 24.3 Å². The van der Waals surface area contributed by atoms with Crippen molar-refractivity contribution in [1.82, 2.24) is 0 Å². The SMILES string of the molecule is O=[N+]([O-])c1ccc(N=Nc2ccc(O)cc2)c([N+](=O)[O-])c1. The lowest BCUT2D eigenvalue weighted by molar-refractivity contribution is -0.393. The fourth-order valence-corrected chi connectivity index (χ4v) is 1.49. The molecule has 9 nitrogen and oxygen atoms in total. The Morgan fingerprint density at radius 2 is 1.57 bits per heavy atom. The topological polar surface area (TPSA) is 131 Å². The van der Waals surface area contributed by atoms with Gasteiger partial charge in [0.2, 0.25) is 0 Å². The largest absolute Gasteiger partial charge is 0.508 e. The molecule has 9 heteroatoms. The smallest absolute Gasteiger partial charge is 0.303 e. The van der Waals surface area contributed by atoms with Gasteiger partial charge in [0.25, 0.3) is 5.69 Å². The molecule has 0 aliphatic heterocycles. The summed E-state index contributed by atoms with van der Waals surface area (Å²) >= 11 is 0. The van der Waals surface area contributed by atoms with E-state index < -0.39 is 21.2 Å². The van der Waals surface area contributed by atoms with Crippen molar-refractivity contribution < 1.29 is 15.0 Å². The molecule has 0 spiro atoms. The zero-order chi connectivity index (χ0) is 15.4. The van der Waals surface area contributed by atoms with Crippen molar-refractivity contribution in [2.75, 3.05) is 0 Å². The Morgan fingerprint density at radius 1 is 0.905 bits per heavy atom.